The van der Waals surface area contributed by atoms with Gasteiger partial charge in [-0.3, -0.25) is 9.59 Å². The number of rotatable bonds is 16. The molecule has 32 heavy (non-hydrogen) atoms. The summed E-state index contributed by atoms with van der Waals surface area (Å²) in [6, 6.07) is 4.54. The summed E-state index contributed by atoms with van der Waals surface area (Å²) in [5.74, 6) is -1.30. The van der Waals surface area contributed by atoms with Gasteiger partial charge in [0.25, 0.3) is 0 Å². The fourth-order valence-electron chi connectivity index (χ4n) is 4.70. The van der Waals surface area contributed by atoms with Crippen LogP contribution in [0.15, 0.2) is 12.1 Å². The standard InChI is InChI=1S/C28H44O4/c1-21-15-16-23(13-9-5-7-11-17-27(3,4)25(29)30)24(22(21)2)14-10-6-8-12-18-28(19-20-28)26(31)32/h15-16H,5-14,17-20H2,1-4H3,(H,29,30)(H,31,32). The number of aryl methyl sites for hydroxylation is 2. The number of hydrogen-bond donors (Lipinski definition) is 2. The van der Waals surface area contributed by atoms with Crippen molar-refractivity contribution in [2.45, 2.75) is 118 Å². The smallest absolute Gasteiger partial charge is 0.309 e. The zero-order valence-electron chi connectivity index (χ0n) is 20.8. The van der Waals surface area contributed by atoms with Crippen molar-refractivity contribution in [2.24, 2.45) is 10.8 Å². The van der Waals surface area contributed by atoms with Gasteiger partial charge in [-0.2, -0.15) is 0 Å². The van der Waals surface area contributed by atoms with E-state index in [4.69, 9.17) is 0 Å². The molecule has 0 saturated heterocycles. The molecule has 0 heterocycles. The molecule has 1 saturated carbocycles. The molecule has 2 N–H and O–H groups in total. The number of benzene rings is 1. The van der Waals surface area contributed by atoms with Crippen molar-refractivity contribution in [3.63, 3.8) is 0 Å². The maximum Gasteiger partial charge on any atom is 0.309 e. The van der Waals surface area contributed by atoms with Gasteiger partial charge in [0.1, 0.15) is 0 Å². The van der Waals surface area contributed by atoms with Gasteiger partial charge < -0.3 is 10.2 Å². The molecule has 0 amide bonds. The lowest BCUT2D eigenvalue weighted by molar-refractivity contribution is -0.147. The Morgan fingerprint density at radius 3 is 2.06 bits per heavy atom. The highest BCUT2D eigenvalue weighted by atomic mass is 16.4. The van der Waals surface area contributed by atoms with Crippen LogP contribution in [0.2, 0.25) is 0 Å². The highest BCUT2D eigenvalue weighted by molar-refractivity contribution is 5.77. The molecule has 0 aliphatic heterocycles. The summed E-state index contributed by atoms with van der Waals surface area (Å²) in [5.41, 5.74) is 4.78. The fourth-order valence-corrected chi connectivity index (χ4v) is 4.70. The zero-order valence-corrected chi connectivity index (χ0v) is 20.8. The topological polar surface area (TPSA) is 74.6 Å². The molecule has 0 spiro atoms. The number of carboxylic acid groups (broad SMARTS) is 2. The third kappa shape index (κ3) is 7.64. The molecule has 0 radical (unpaired) electrons. The average Bonchev–Trinajstić information content (AvgIpc) is 3.52. The van der Waals surface area contributed by atoms with Crippen molar-refractivity contribution >= 4 is 11.9 Å². The molecule has 0 atom stereocenters. The number of carbonyl (C=O) groups is 2. The third-order valence-electron chi connectivity index (χ3n) is 7.68. The van der Waals surface area contributed by atoms with Gasteiger partial charge in [-0.25, -0.2) is 0 Å². The van der Waals surface area contributed by atoms with Crippen molar-refractivity contribution in [3.8, 4) is 0 Å². The van der Waals surface area contributed by atoms with Gasteiger partial charge in [0.2, 0.25) is 0 Å². The molecule has 1 fully saturated rings. The molecular weight excluding hydrogens is 400 g/mol. The van der Waals surface area contributed by atoms with Crippen LogP contribution < -0.4 is 0 Å². The fraction of sp³-hybridized carbons (Fsp3) is 0.714. The van der Waals surface area contributed by atoms with E-state index in [0.29, 0.717) is 0 Å². The monoisotopic (exact) mass is 444 g/mol. The second kappa shape index (κ2) is 11.9. The number of carboxylic acids is 2. The summed E-state index contributed by atoms with van der Waals surface area (Å²) in [4.78, 5) is 22.5. The first-order valence-electron chi connectivity index (χ1n) is 12.6. The Bertz CT molecular complexity index is 774. The van der Waals surface area contributed by atoms with Crippen molar-refractivity contribution in [3.05, 3.63) is 34.4 Å². The van der Waals surface area contributed by atoms with E-state index in [1.165, 1.54) is 35.1 Å². The van der Waals surface area contributed by atoms with Crippen molar-refractivity contribution < 1.29 is 19.8 Å². The van der Waals surface area contributed by atoms with Crippen LogP contribution >= 0.6 is 0 Å². The lowest BCUT2D eigenvalue weighted by atomic mass is 9.86. The SMILES string of the molecule is Cc1ccc(CCCCCCC(C)(C)C(=O)O)c(CCCCCCC2(C(=O)O)CC2)c1C. The lowest BCUT2D eigenvalue weighted by Crippen LogP contribution is -2.23. The van der Waals surface area contributed by atoms with Gasteiger partial charge in [0.05, 0.1) is 10.8 Å². The summed E-state index contributed by atoms with van der Waals surface area (Å²) in [6.45, 7) is 8.05. The summed E-state index contributed by atoms with van der Waals surface area (Å²) >= 11 is 0. The van der Waals surface area contributed by atoms with Gasteiger partial charge in [-0.05, 0) is 101 Å². The van der Waals surface area contributed by atoms with Crippen molar-refractivity contribution in [1.29, 1.82) is 0 Å². The Balaban J connectivity index is 1.72. The highest BCUT2D eigenvalue weighted by Crippen LogP contribution is 2.50. The van der Waals surface area contributed by atoms with Crippen molar-refractivity contribution in [2.75, 3.05) is 0 Å². The second-order valence-electron chi connectivity index (χ2n) is 10.7. The van der Waals surface area contributed by atoms with Crippen molar-refractivity contribution in [1.82, 2.24) is 0 Å². The van der Waals surface area contributed by atoms with Crippen LogP contribution in [0.25, 0.3) is 0 Å². The highest BCUT2D eigenvalue weighted by Gasteiger charge is 2.49. The number of hydrogen-bond acceptors (Lipinski definition) is 2. The first-order chi connectivity index (χ1) is 15.1. The molecule has 180 valence electrons. The van der Waals surface area contributed by atoms with Crippen LogP contribution in [0, 0.1) is 24.7 Å². The summed E-state index contributed by atoms with van der Waals surface area (Å²) < 4.78 is 0. The number of aliphatic carboxylic acids is 2. The summed E-state index contributed by atoms with van der Waals surface area (Å²) in [5, 5.41) is 18.5. The molecule has 1 aliphatic carbocycles. The number of unbranched alkanes of at least 4 members (excludes halogenated alkanes) is 6. The molecule has 1 aromatic rings. The van der Waals surface area contributed by atoms with Crippen LogP contribution in [0.1, 0.15) is 113 Å². The Morgan fingerprint density at radius 1 is 0.875 bits per heavy atom. The molecule has 0 bridgehead atoms. The van der Waals surface area contributed by atoms with Crippen LogP contribution in [-0.4, -0.2) is 22.2 Å². The minimum Gasteiger partial charge on any atom is -0.481 e. The molecule has 1 aromatic carbocycles. The molecule has 4 heteroatoms. The predicted molar refractivity (Wildman–Crippen MR) is 130 cm³/mol. The first-order valence-corrected chi connectivity index (χ1v) is 12.6. The minimum absolute atomic E-state index is 0.371. The minimum atomic E-state index is -0.703. The van der Waals surface area contributed by atoms with E-state index in [1.54, 1.807) is 0 Å². The van der Waals surface area contributed by atoms with E-state index >= 15 is 0 Å². The van der Waals surface area contributed by atoms with Gasteiger partial charge in [0, 0.05) is 0 Å². The first kappa shape index (κ1) is 26.4. The van der Waals surface area contributed by atoms with Gasteiger partial charge >= 0.3 is 11.9 Å². The van der Waals surface area contributed by atoms with Crippen LogP contribution in [-0.2, 0) is 22.4 Å². The van der Waals surface area contributed by atoms with Gasteiger partial charge in [0.15, 0.2) is 0 Å². The third-order valence-corrected chi connectivity index (χ3v) is 7.68. The molecule has 2 rings (SSSR count). The van der Waals surface area contributed by atoms with Gasteiger partial charge in [-0.1, -0.05) is 50.7 Å². The average molecular weight is 445 g/mol. The molecule has 4 nitrogen and oxygen atoms in total. The van der Waals surface area contributed by atoms with Crippen LogP contribution in [0.3, 0.4) is 0 Å². The second-order valence-corrected chi connectivity index (χ2v) is 10.7. The largest absolute Gasteiger partial charge is 0.481 e. The van der Waals surface area contributed by atoms with E-state index in [9.17, 15) is 19.8 Å². The molecule has 0 aromatic heterocycles. The van der Waals surface area contributed by atoms with E-state index < -0.39 is 17.4 Å². The maximum absolute atomic E-state index is 11.3. The summed E-state index contributed by atoms with van der Waals surface area (Å²) in [7, 11) is 0. The Morgan fingerprint density at radius 2 is 1.47 bits per heavy atom. The van der Waals surface area contributed by atoms with E-state index in [-0.39, 0.29) is 5.41 Å². The lowest BCUT2D eigenvalue weighted by Gasteiger charge is -2.18. The zero-order chi connectivity index (χ0) is 23.8. The van der Waals surface area contributed by atoms with Gasteiger partial charge in [-0.15, -0.1) is 0 Å². The van der Waals surface area contributed by atoms with E-state index in [0.717, 1.165) is 77.0 Å². The Labute approximate surface area is 194 Å². The van der Waals surface area contributed by atoms with E-state index in [2.05, 4.69) is 26.0 Å². The van der Waals surface area contributed by atoms with Crippen LogP contribution in [0.4, 0.5) is 0 Å². The molecular formula is C28H44O4. The predicted octanol–water partition coefficient (Wildman–Crippen LogP) is 7.27. The Kier molecular flexibility index (Phi) is 9.79. The van der Waals surface area contributed by atoms with E-state index in [1.807, 2.05) is 13.8 Å². The normalized spacial score (nSPS) is 15.0. The Hall–Kier alpha value is -1.84. The molecule has 0 unspecified atom stereocenters. The van der Waals surface area contributed by atoms with Crippen LogP contribution in [0.5, 0.6) is 0 Å². The summed E-state index contributed by atoms with van der Waals surface area (Å²) in [6.07, 6.45) is 14.4. The maximum atomic E-state index is 11.3. The molecule has 1 aliphatic rings. The quantitative estimate of drug-likeness (QED) is 0.263.